The smallest absolute Gasteiger partial charge is 0.312 e. The van der Waals surface area contributed by atoms with Crippen molar-refractivity contribution in [2.75, 3.05) is 0 Å². The minimum Gasteiger partial charge on any atom is -0.483 e. The number of nitro groups is 1. The number of nitrogens with zero attached hydrogens (tertiary/aromatic N) is 1. The topological polar surface area (TPSA) is 78.4 Å². The highest BCUT2D eigenvalue weighted by molar-refractivity contribution is 6.42. The molecule has 2 rings (SSSR count). The number of benzene rings is 1. The second-order valence-electron chi connectivity index (χ2n) is 4.66. The molecule has 0 amide bonds. The van der Waals surface area contributed by atoms with Crippen molar-refractivity contribution in [1.29, 1.82) is 0 Å². The molecule has 7 heteroatoms. The van der Waals surface area contributed by atoms with Crippen molar-refractivity contribution in [3.63, 3.8) is 0 Å². The van der Waals surface area contributed by atoms with Crippen molar-refractivity contribution in [3.8, 4) is 5.75 Å². The highest BCUT2D eigenvalue weighted by Gasteiger charge is 2.25. The van der Waals surface area contributed by atoms with Gasteiger partial charge in [0.15, 0.2) is 5.75 Å². The maximum atomic E-state index is 11.0. The fourth-order valence-electron chi connectivity index (χ4n) is 2.22. The zero-order chi connectivity index (χ0) is 14.0. The summed E-state index contributed by atoms with van der Waals surface area (Å²) in [5.74, 6) is 0.151. The first kappa shape index (κ1) is 14.4. The van der Waals surface area contributed by atoms with E-state index in [9.17, 15) is 10.1 Å². The Morgan fingerprint density at radius 2 is 2.00 bits per heavy atom. The van der Waals surface area contributed by atoms with Gasteiger partial charge in [0.1, 0.15) is 6.10 Å². The molecule has 0 heterocycles. The molecule has 19 heavy (non-hydrogen) atoms. The molecule has 0 aliphatic heterocycles. The van der Waals surface area contributed by atoms with E-state index in [1.54, 1.807) is 0 Å². The van der Waals surface area contributed by atoms with Crippen LogP contribution in [0, 0.1) is 10.1 Å². The number of hydrogen-bond acceptors (Lipinski definition) is 4. The van der Waals surface area contributed by atoms with Crippen LogP contribution in [0.3, 0.4) is 0 Å². The van der Waals surface area contributed by atoms with E-state index >= 15 is 0 Å². The summed E-state index contributed by atoms with van der Waals surface area (Å²) in [5, 5.41) is 11.4. The first-order valence-corrected chi connectivity index (χ1v) is 6.78. The molecule has 104 valence electrons. The molecular formula is C12H14Cl2N2O3. The summed E-state index contributed by atoms with van der Waals surface area (Å²) in [7, 11) is 0. The van der Waals surface area contributed by atoms with Crippen LogP contribution in [0.2, 0.25) is 10.0 Å². The highest BCUT2D eigenvalue weighted by Crippen LogP contribution is 2.37. The first-order chi connectivity index (χ1) is 8.97. The molecule has 0 bridgehead atoms. The van der Waals surface area contributed by atoms with Crippen LogP contribution in [0.25, 0.3) is 0 Å². The summed E-state index contributed by atoms with van der Waals surface area (Å²) >= 11 is 11.7. The molecule has 2 N–H and O–H groups in total. The predicted molar refractivity (Wildman–Crippen MR) is 74.0 cm³/mol. The van der Waals surface area contributed by atoms with Gasteiger partial charge in [-0.2, -0.15) is 0 Å². The van der Waals surface area contributed by atoms with Gasteiger partial charge in [-0.1, -0.05) is 23.2 Å². The first-order valence-electron chi connectivity index (χ1n) is 6.03. The number of ether oxygens (including phenoxy) is 1. The standard InChI is InChI=1S/C12H14Cl2N2O3/c13-9-5-11(16(17)18)12(6-10(9)14)19-8-3-1-2-7(15)4-8/h5-8H,1-4,15H2. The molecule has 1 aliphatic carbocycles. The Morgan fingerprint density at radius 3 is 2.63 bits per heavy atom. The van der Waals surface area contributed by atoms with E-state index in [1.807, 2.05) is 0 Å². The minimum atomic E-state index is -0.527. The molecule has 0 aromatic heterocycles. The fourth-order valence-corrected chi connectivity index (χ4v) is 2.53. The number of hydrogen-bond donors (Lipinski definition) is 1. The summed E-state index contributed by atoms with van der Waals surface area (Å²) in [5.41, 5.74) is 5.70. The average Bonchev–Trinajstić information content (AvgIpc) is 2.33. The molecule has 5 nitrogen and oxygen atoms in total. The van der Waals surface area contributed by atoms with Crippen LogP contribution in [-0.2, 0) is 0 Å². The summed E-state index contributed by atoms with van der Waals surface area (Å²) in [4.78, 5) is 10.5. The number of nitrogens with two attached hydrogens (primary N) is 1. The van der Waals surface area contributed by atoms with Crippen molar-refractivity contribution in [3.05, 3.63) is 32.3 Å². The third-order valence-electron chi connectivity index (χ3n) is 3.16. The van der Waals surface area contributed by atoms with Crippen LogP contribution in [0.5, 0.6) is 5.75 Å². The molecule has 1 aromatic carbocycles. The van der Waals surface area contributed by atoms with Gasteiger partial charge in [-0.15, -0.1) is 0 Å². The van der Waals surface area contributed by atoms with E-state index in [1.165, 1.54) is 12.1 Å². The lowest BCUT2D eigenvalue weighted by atomic mass is 9.93. The Labute approximate surface area is 120 Å². The van der Waals surface area contributed by atoms with Gasteiger partial charge in [-0.25, -0.2) is 0 Å². The third-order valence-corrected chi connectivity index (χ3v) is 3.88. The number of halogens is 2. The Balaban J connectivity index is 2.23. The van der Waals surface area contributed by atoms with Crippen LogP contribution < -0.4 is 10.5 Å². The minimum absolute atomic E-state index is 0.0839. The Bertz CT molecular complexity index is 496. The zero-order valence-corrected chi connectivity index (χ0v) is 11.7. The van der Waals surface area contributed by atoms with E-state index in [0.29, 0.717) is 6.42 Å². The lowest BCUT2D eigenvalue weighted by molar-refractivity contribution is -0.386. The SMILES string of the molecule is NC1CCCC(Oc2cc(Cl)c(Cl)cc2[N+](=O)[O-])C1. The van der Waals surface area contributed by atoms with Gasteiger partial charge in [0.25, 0.3) is 0 Å². The van der Waals surface area contributed by atoms with Gasteiger partial charge >= 0.3 is 5.69 Å². The van der Waals surface area contributed by atoms with Crippen LogP contribution in [0.15, 0.2) is 12.1 Å². The van der Waals surface area contributed by atoms with E-state index in [2.05, 4.69) is 0 Å². The molecule has 2 unspecified atom stereocenters. The molecular weight excluding hydrogens is 291 g/mol. The van der Waals surface area contributed by atoms with Crippen molar-refractivity contribution in [2.24, 2.45) is 5.73 Å². The molecule has 0 spiro atoms. The van der Waals surface area contributed by atoms with Crippen LogP contribution >= 0.6 is 23.2 Å². The second-order valence-corrected chi connectivity index (χ2v) is 5.47. The normalized spacial score (nSPS) is 23.1. The van der Waals surface area contributed by atoms with E-state index in [4.69, 9.17) is 33.7 Å². The highest BCUT2D eigenvalue weighted by atomic mass is 35.5. The predicted octanol–water partition coefficient (Wildman–Crippen LogP) is 3.55. The summed E-state index contributed by atoms with van der Waals surface area (Å²) in [6, 6.07) is 2.69. The number of nitro benzene ring substituents is 1. The lowest BCUT2D eigenvalue weighted by Gasteiger charge is -2.27. The second kappa shape index (κ2) is 5.94. The molecule has 1 aliphatic rings. The lowest BCUT2D eigenvalue weighted by Crippen LogP contribution is -2.33. The van der Waals surface area contributed by atoms with Crippen LogP contribution in [0.1, 0.15) is 25.7 Å². The van der Waals surface area contributed by atoms with E-state index < -0.39 is 4.92 Å². The van der Waals surface area contributed by atoms with E-state index in [0.717, 1.165) is 19.3 Å². The Morgan fingerprint density at radius 1 is 1.32 bits per heavy atom. The Hall–Kier alpha value is -1.04. The largest absolute Gasteiger partial charge is 0.483 e. The molecule has 2 atom stereocenters. The molecule has 0 saturated heterocycles. The van der Waals surface area contributed by atoms with Gasteiger partial charge in [0.2, 0.25) is 0 Å². The van der Waals surface area contributed by atoms with Gasteiger partial charge < -0.3 is 10.5 Å². The van der Waals surface area contributed by atoms with Gasteiger partial charge in [-0.05, 0) is 25.7 Å². The fraction of sp³-hybridized carbons (Fsp3) is 0.500. The van der Waals surface area contributed by atoms with Crippen molar-refractivity contribution in [1.82, 2.24) is 0 Å². The van der Waals surface area contributed by atoms with Gasteiger partial charge in [0.05, 0.1) is 15.0 Å². The van der Waals surface area contributed by atoms with Crippen LogP contribution in [0.4, 0.5) is 5.69 Å². The molecule has 1 saturated carbocycles. The molecule has 0 radical (unpaired) electrons. The summed E-state index contributed by atoms with van der Waals surface area (Å²) in [6.45, 7) is 0. The van der Waals surface area contributed by atoms with Crippen molar-refractivity contribution in [2.45, 2.75) is 37.8 Å². The zero-order valence-electron chi connectivity index (χ0n) is 10.1. The quantitative estimate of drug-likeness (QED) is 0.684. The van der Waals surface area contributed by atoms with Gasteiger partial charge in [0, 0.05) is 18.2 Å². The van der Waals surface area contributed by atoms with Crippen molar-refractivity contribution < 1.29 is 9.66 Å². The number of rotatable bonds is 3. The molecule has 1 fully saturated rings. The van der Waals surface area contributed by atoms with Crippen molar-refractivity contribution >= 4 is 28.9 Å². The van der Waals surface area contributed by atoms with Gasteiger partial charge in [-0.3, -0.25) is 10.1 Å². The summed E-state index contributed by atoms with van der Waals surface area (Å²) in [6.07, 6.45) is 3.34. The van der Waals surface area contributed by atoms with E-state index in [-0.39, 0.29) is 33.6 Å². The maximum Gasteiger partial charge on any atom is 0.312 e. The average molecular weight is 305 g/mol. The van der Waals surface area contributed by atoms with Crippen LogP contribution in [-0.4, -0.2) is 17.1 Å². The summed E-state index contributed by atoms with van der Waals surface area (Å²) < 4.78 is 5.69. The monoisotopic (exact) mass is 304 g/mol. The Kier molecular flexibility index (Phi) is 4.50. The third kappa shape index (κ3) is 3.49. The maximum absolute atomic E-state index is 11.0. The molecule has 1 aromatic rings.